The van der Waals surface area contributed by atoms with E-state index in [1.54, 1.807) is 3.58 Å². The van der Waals surface area contributed by atoms with Crippen LogP contribution in [0, 0.1) is 0 Å². The van der Waals surface area contributed by atoms with Gasteiger partial charge in [-0.3, -0.25) is 0 Å². The maximum absolute atomic E-state index is 8.93. The first-order valence-corrected chi connectivity index (χ1v) is 19.3. The minimum Gasteiger partial charge on any atom is -0.214 e. The van der Waals surface area contributed by atoms with Gasteiger partial charge in [0.15, 0.2) is 0 Å². The second kappa shape index (κ2) is 19.6. The summed E-state index contributed by atoms with van der Waals surface area (Å²) in [6.45, 7) is 8.63. The van der Waals surface area contributed by atoms with Crippen LogP contribution in [0.5, 0.6) is 0 Å². The molecule has 0 radical (unpaired) electrons. The van der Waals surface area contributed by atoms with Crippen molar-refractivity contribution in [1.29, 1.82) is 0 Å². The van der Waals surface area contributed by atoms with Gasteiger partial charge in [0.25, 0.3) is 0 Å². The Kier molecular flexibility index (Phi) is 19.6. The van der Waals surface area contributed by atoms with Gasteiger partial charge in [-0.15, -0.1) is 0 Å². The number of aliphatic hydroxyl groups excluding tert-OH is 1. The second-order valence-corrected chi connectivity index (χ2v) is 21.3. The van der Waals surface area contributed by atoms with Crippen LogP contribution in [0.4, 0.5) is 0 Å². The molecule has 0 aromatic heterocycles. The first-order chi connectivity index (χ1) is 14.2. The fourth-order valence-electron chi connectivity index (χ4n) is 4.09. The molecule has 0 aliphatic heterocycles. The molecule has 0 heterocycles. The summed E-state index contributed by atoms with van der Waals surface area (Å²) >= 11 is -2.33. The zero-order valence-electron chi connectivity index (χ0n) is 19.5. The molecule has 30 heavy (non-hydrogen) atoms. The molecule has 2 rings (SSSR count). The average molecular weight is 563 g/mol. The number of hydrogen-bond acceptors (Lipinski definition) is 2. The second-order valence-electron chi connectivity index (χ2n) is 8.15. The number of hydrogen-bond donors (Lipinski definition) is 1. The molecule has 0 saturated carbocycles. The topological polar surface area (TPSA) is 29.5 Å². The third-order valence-electron chi connectivity index (χ3n) is 5.76. The van der Waals surface area contributed by atoms with Crippen LogP contribution in [0.15, 0.2) is 48.5 Å². The van der Waals surface area contributed by atoms with Crippen LogP contribution in [0.2, 0.25) is 13.3 Å². The van der Waals surface area contributed by atoms with Gasteiger partial charge in [0, 0.05) is 0 Å². The zero-order valence-corrected chi connectivity index (χ0v) is 23.5. The van der Waals surface area contributed by atoms with Crippen molar-refractivity contribution in [2.75, 3.05) is 13.2 Å². The molecule has 2 nitrogen and oxygen atoms in total. The van der Waals surface area contributed by atoms with Gasteiger partial charge >= 0.3 is 171 Å². The predicted octanol–water partition coefficient (Wildman–Crippen LogP) is 6.76. The van der Waals surface area contributed by atoms with E-state index in [9.17, 15) is 0 Å². The van der Waals surface area contributed by atoms with Crippen LogP contribution in [0.1, 0.15) is 71.3 Å². The van der Waals surface area contributed by atoms with Gasteiger partial charge in [0.2, 0.25) is 0 Å². The van der Waals surface area contributed by atoms with Crippen LogP contribution < -0.4 is 3.58 Å². The fraction of sp³-hybridized carbons (Fsp3) is 0.615. The molecule has 2 aromatic carbocycles. The van der Waals surface area contributed by atoms with Crippen LogP contribution in [0.25, 0.3) is 0 Å². The average Bonchev–Trinajstić information content (AvgIpc) is 3.46. The monoisotopic (exact) mass is 564 g/mol. The summed E-state index contributed by atoms with van der Waals surface area (Å²) in [5.74, 6) is 0. The molecular weight excluding hydrogens is 519 g/mol. The molecule has 0 unspecified atom stereocenters. The quantitative estimate of drug-likeness (QED) is 0.148. The Morgan fingerprint density at radius 1 is 0.900 bits per heavy atom. The predicted molar refractivity (Wildman–Crippen MR) is 130 cm³/mol. The van der Waals surface area contributed by atoms with Crippen molar-refractivity contribution in [2.45, 2.75) is 85.6 Å². The summed E-state index contributed by atoms with van der Waals surface area (Å²) in [4.78, 5) is 0. The molecular formula is C26H44FeO2Sn. The van der Waals surface area contributed by atoms with Crippen molar-refractivity contribution in [2.24, 2.45) is 0 Å². The first-order valence-electron chi connectivity index (χ1n) is 11.8. The van der Waals surface area contributed by atoms with Gasteiger partial charge < -0.3 is 0 Å². The number of ether oxygens (including phenoxy) is 1. The molecule has 2 aromatic rings. The van der Waals surface area contributed by atoms with Crippen LogP contribution in [0.3, 0.4) is 0 Å². The molecule has 0 aliphatic carbocycles. The van der Waals surface area contributed by atoms with Crippen molar-refractivity contribution < 1.29 is 26.9 Å². The van der Waals surface area contributed by atoms with E-state index in [4.69, 9.17) is 9.84 Å². The van der Waals surface area contributed by atoms with E-state index in [2.05, 4.69) is 39.0 Å². The summed E-state index contributed by atoms with van der Waals surface area (Å²) < 4.78 is 12.1. The number of aliphatic hydroxyl groups is 1. The zero-order chi connectivity index (χ0) is 21.2. The molecule has 172 valence electrons. The molecule has 0 aliphatic rings. The van der Waals surface area contributed by atoms with Crippen molar-refractivity contribution in [3.8, 4) is 0 Å². The SMILES string of the molecule is CCC[CH2][Sn]([CH2]CCC)([CH2]CCC)[c]1ccc[c-]1COCCCO.[Fe+2].c1cc[cH-]c1. The van der Waals surface area contributed by atoms with E-state index in [0.717, 1.165) is 13.0 Å². The van der Waals surface area contributed by atoms with E-state index in [1.807, 2.05) is 30.3 Å². The molecule has 0 atom stereocenters. The van der Waals surface area contributed by atoms with Gasteiger partial charge in [-0.2, -0.15) is 18.2 Å². The maximum Gasteiger partial charge on any atom is 2.00 e. The van der Waals surface area contributed by atoms with E-state index in [1.165, 1.54) is 57.4 Å². The van der Waals surface area contributed by atoms with Gasteiger partial charge in [-0.05, 0) is 0 Å². The minimum atomic E-state index is -2.33. The van der Waals surface area contributed by atoms with Gasteiger partial charge in [0.05, 0.1) is 0 Å². The van der Waals surface area contributed by atoms with Crippen LogP contribution in [-0.2, 0) is 28.4 Å². The van der Waals surface area contributed by atoms with Crippen LogP contribution >= 0.6 is 0 Å². The smallest absolute Gasteiger partial charge is 0.214 e. The molecule has 0 fully saturated rings. The van der Waals surface area contributed by atoms with Crippen molar-refractivity contribution in [3.63, 3.8) is 0 Å². The molecule has 1 N–H and O–H groups in total. The van der Waals surface area contributed by atoms with Gasteiger partial charge in [-0.1, -0.05) is 0 Å². The minimum absolute atomic E-state index is 0. The Bertz CT molecular complexity index is 541. The molecule has 4 heteroatoms. The summed E-state index contributed by atoms with van der Waals surface area (Å²) in [5.41, 5.74) is 1.46. The Balaban J connectivity index is 0.00000122. The third kappa shape index (κ3) is 11.5. The Labute approximate surface area is 200 Å². The van der Waals surface area contributed by atoms with Crippen molar-refractivity contribution in [1.82, 2.24) is 0 Å². The summed E-state index contributed by atoms with van der Waals surface area (Å²) in [5, 5.41) is 8.93. The fourth-order valence-corrected chi connectivity index (χ4v) is 21.0. The first kappa shape index (κ1) is 29.9. The summed E-state index contributed by atoms with van der Waals surface area (Å²) in [7, 11) is 0. The van der Waals surface area contributed by atoms with Gasteiger partial charge in [-0.25, -0.2) is 12.1 Å². The number of unbranched alkanes of at least 4 members (excludes halogenated alkanes) is 3. The largest absolute Gasteiger partial charge is 2.00 e. The molecule has 0 spiro atoms. The molecule has 0 amide bonds. The standard InChI is InChI=1S/C9H12O2.C5H5.3C4H9.Fe.Sn/c10-6-3-7-11-8-9-4-1-2-5-9;1-2-4-5-3-1;3*1-3-4-2;;/h1-2,4,10H,3,6-8H2;1-5H;3*1,3-4H2,2H3;;/q2*-1;;;;+2;. The van der Waals surface area contributed by atoms with Crippen molar-refractivity contribution in [3.05, 3.63) is 54.1 Å². The Hall–Kier alpha value is -0.0618. The maximum atomic E-state index is 8.93. The van der Waals surface area contributed by atoms with E-state index >= 15 is 0 Å². The van der Waals surface area contributed by atoms with Crippen LogP contribution in [-0.4, -0.2) is 36.7 Å². The summed E-state index contributed by atoms with van der Waals surface area (Å²) in [6.07, 6.45) is 8.91. The Morgan fingerprint density at radius 2 is 1.47 bits per heavy atom. The molecule has 0 saturated heterocycles. The normalized spacial score (nSPS) is 10.9. The Morgan fingerprint density at radius 3 is 1.90 bits per heavy atom. The van der Waals surface area contributed by atoms with E-state index in [-0.39, 0.29) is 23.7 Å². The number of rotatable bonds is 15. The van der Waals surface area contributed by atoms with E-state index in [0.29, 0.717) is 6.61 Å². The summed E-state index contributed by atoms with van der Waals surface area (Å²) in [6, 6.07) is 17.0. The third-order valence-corrected chi connectivity index (χ3v) is 21.6. The van der Waals surface area contributed by atoms with Gasteiger partial charge in [0.1, 0.15) is 0 Å². The van der Waals surface area contributed by atoms with Crippen molar-refractivity contribution >= 4 is 22.0 Å². The molecule has 0 bridgehead atoms. The van der Waals surface area contributed by atoms with E-state index < -0.39 is 18.4 Å².